The lowest BCUT2D eigenvalue weighted by Gasteiger charge is -2.24. The zero-order valence-corrected chi connectivity index (χ0v) is 20.8. The molecule has 194 valence electrons. The normalized spacial score (nSPS) is 20.3. The van der Waals surface area contributed by atoms with Crippen LogP contribution in [0, 0.1) is 0 Å². The smallest absolute Gasteiger partial charge is 0.387 e. The number of fused-ring (bicyclic) bond motifs is 6. The molecule has 1 aromatic heterocycles. The van der Waals surface area contributed by atoms with Crippen molar-refractivity contribution in [3.63, 3.8) is 0 Å². The van der Waals surface area contributed by atoms with Crippen molar-refractivity contribution in [1.82, 2.24) is 14.5 Å². The number of aromatic nitrogens is 2. The predicted molar refractivity (Wildman–Crippen MR) is 136 cm³/mol. The van der Waals surface area contributed by atoms with E-state index >= 15 is 0 Å². The van der Waals surface area contributed by atoms with Gasteiger partial charge in [-0.05, 0) is 54.8 Å². The molecule has 4 aromatic rings. The molecular formula is C28H24F2N4O4. The largest absolute Gasteiger partial charge is 0.433 e. The molecular weight excluding hydrogens is 494 g/mol. The maximum Gasteiger partial charge on any atom is 0.387 e. The fraction of sp³-hybridized carbons (Fsp3) is 0.250. The summed E-state index contributed by atoms with van der Waals surface area (Å²) in [5.41, 5.74) is 2.62. The summed E-state index contributed by atoms with van der Waals surface area (Å²) in [6.45, 7) is 0.303. The molecule has 6 rings (SSSR count). The number of carbonyl (C=O) groups is 2. The van der Waals surface area contributed by atoms with Gasteiger partial charge in [0, 0.05) is 18.3 Å². The van der Waals surface area contributed by atoms with Crippen LogP contribution >= 0.6 is 0 Å². The Morgan fingerprint density at radius 3 is 2.61 bits per heavy atom. The number of imidazole rings is 1. The number of alkyl halides is 2. The standard InChI is InChI=1S/C28H24F2N4O4/c1-4-20-24-31-18-11-9-15(14-8-10-17-19(12-14)32-26(36)28(17,2)37)13-21(18)34(24)23-16(25(35)33(20)3)6-5-7-22(23)38-27(29)30/h5-13,20,27,37H,4H2,1-3H3,(H,32,36)/t20-,28?/m1/s1. The average Bonchev–Trinajstić information content (AvgIpc) is 3.33. The lowest BCUT2D eigenvalue weighted by atomic mass is 9.95. The van der Waals surface area contributed by atoms with Gasteiger partial charge in [0.2, 0.25) is 0 Å². The summed E-state index contributed by atoms with van der Waals surface area (Å²) in [5.74, 6) is -0.396. The lowest BCUT2D eigenvalue weighted by Crippen LogP contribution is -2.30. The van der Waals surface area contributed by atoms with Gasteiger partial charge in [0.25, 0.3) is 11.8 Å². The van der Waals surface area contributed by atoms with E-state index in [1.54, 1.807) is 40.8 Å². The van der Waals surface area contributed by atoms with E-state index < -0.39 is 24.2 Å². The number of hydrogen-bond donors (Lipinski definition) is 2. The van der Waals surface area contributed by atoms with Crippen molar-refractivity contribution in [2.24, 2.45) is 0 Å². The Bertz CT molecular complexity index is 1650. The van der Waals surface area contributed by atoms with Gasteiger partial charge in [-0.1, -0.05) is 31.2 Å². The fourth-order valence-corrected chi connectivity index (χ4v) is 5.43. The molecule has 0 saturated carbocycles. The molecule has 8 nitrogen and oxygen atoms in total. The molecule has 0 aliphatic carbocycles. The number of hydrogen-bond acceptors (Lipinski definition) is 5. The number of nitrogens with zero attached hydrogens (tertiary/aromatic N) is 3. The highest BCUT2D eigenvalue weighted by Crippen LogP contribution is 2.42. The van der Waals surface area contributed by atoms with Gasteiger partial charge >= 0.3 is 6.61 Å². The number of carbonyl (C=O) groups excluding carboxylic acids is 2. The Labute approximate surface area is 216 Å². The molecule has 2 aliphatic heterocycles. The van der Waals surface area contributed by atoms with Crippen molar-refractivity contribution in [3.8, 4) is 22.6 Å². The van der Waals surface area contributed by atoms with Crippen LogP contribution in [0.25, 0.3) is 27.8 Å². The van der Waals surface area contributed by atoms with Gasteiger partial charge in [-0.3, -0.25) is 14.2 Å². The number of anilines is 1. The van der Waals surface area contributed by atoms with E-state index in [0.717, 1.165) is 11.1 Å². The number of halogens is 2. The van der Waals surface area contributed by atoms with Crippen molar-refractivity contribution in [1.29, 1.82) is 0 Å². The van der Waals surface area contributed by atoms with Crippen LogP contribution in [0.15, 0.2) is 54.6 Å². The van der Waals surface area contributed by atoms with Crippen molar-refractivity contribution in [2.45, 2.75) is 38.5 Å². The number of ether oxygens (including phenoxy) is 1. The zero-order valence-electron chi connectivity index (χ0n) is 20.8. The maximum atomic E-state index is 13.4. The van der Waals surface area contributed by atoms with E-state index in [1.807, 2.05) is 25.1 Å². The third-order valence-electron chi connectivity index (χ3n) is 7.39. The SMILES string of the molecule is CC[C@@H]1c2nc3ccc(-c4ccc5c(c4)NC(=O)C5(C)O)cc3n2-c2c(OC(F)F)cccc2C(=O)N1C. The first kappa shape index (κ1) is 24.1. The summed E-state index contributed by atoms with van der Waals surface area (Å²) in [5, 5.41) is 13.2. The monoisotopic (exact) mass is 518 g/mol. The number of benzene rings is 3. The number of nitrogens with one attached hydrogen (secondary N) is 1. The predicted octanol–water partition coefficient (Wildman–Crippen LogP) is 4.99. The number of amides is 2. The van der Waals surface area contributed by atoms with Crippen molar-refractivity contribution < 1.29 is 28.2 Å². The highest BCUT2D eigenvalue weighted by atomic mass is 19.3. The molecule has 2 atom stereocenters. The Hall–Kier alpha value is -4.31. The molecule has 0 fully saturated rings. The first-order chi connectivity index (χ1) is 18.1. The molecule has 0 spiro atoms. The van der Waals surface area contributed by atoms with Crippen LogP contribution in [0.4, 0.5) is 14.5 Å². The van der Waals surface area contributed by atoms with E-state index in [9.17, 15) is 23.5 Å². The van der Waals surface area contributed by atoms with Crippen LogP contribution in [-0.4, -0.2) is 45.0 Å². The number of rotatable bonds is 4. The van der Waals surface area contributed by atoms with E-state index in [-0.39, 0.29) is 22.9 Å². The Morgan fingerprint density at radius 2 is 1.87 bits per heavy atom. The van der Waals surface area contributed by atoms with Crippen molar-refractivity contribution >= 4 is 28.5 Å². The third kappa shape index (κ3) is 3.40. The topological polar surface area (TPSA) is 96.7 Å². The molecule has 0 saturated heterocycles. The van der Waals surface area contributed by atoms with Gasteiger partial charge in [0.1, 0.15) is 11.5 Å². The quantitative estimate of drug-likeness (QED) is 0.397. The van der Waals surface area contributed by atoms with E-state index in [4.69, 9.17) is 9.72 Å². The van der Waals surface area contributed by atoms with Gasteiger partial charge in [-0.2, -0.15) is 8.78 Å². The third-order valence-corrected chi connectivity index (χ3v) is 7.39. The second kappa shape index (κ2) is 8.35. The Kier molecular flexibility index (Phi) is 5.29. The molecule has 3 aromatic carbocycles. The maximum absolute atomic E-state index is 13.4. The second-order valence-corrected chi connectivity index (χ2v) is 9.67. The molecule has 2 amide bonds. The van der Waals surface area contributed by atoms with E-state index in [2.05, 4.69) is 5.32 Å². The summed E-state index contributed by atoms with van der Waals surface area (Å²) < 4.78 is 33.4. The minimum Gasteiger partial charge on any atom is -0.433 e. The highest BCUT2D eigenvalue weighted by Gasteiger charge is 2.41. The van der Waals surface area contributed by atoms with Crippen LogP contribution < -0.4 is 10.1 Å². The van der Waals surface area contributed by atoms with E-state index in [1.165, 1.54) is 19.1 Å². The summed E-state index contributed by atoms with van der Waals surface area (Å²) in [6, 6.07) is 15.0. The summed E-state index contributed by atoms with van der Waals surface area (Å²) in [4.78, 5) is 32.0. The van der Waals surface area contributed by atoms with Crippen molar-refractivity contribution in [3.05, 3.63) is 71.5 Å². The molecule has 2 N–H and O–H groups in total. The minimum atomic E-state index is -3.08. The van der Waals surface area contributed by atoms with Gasteiger partial charge in [0.05, 0.1) is 22.6 Å². The fourth-order valence-electron chi connectivity index (χ4n) is 5.43. The van der Waals surface area contributed by atoms with Crippen LogP contribution in [-0.2, 0) is 10.4 Å². The first-order valence-corrected chi connectivity index (χ1v) is 12.2. The lowest BCUT2D eigenvalue weighted by molar-refractivity contribution is -0.131. The highest BCUT2D eigenvalue weighted by molar-refractivity contribution is 6.05. The Morgan fingerprint density at radius 1 is 1.13 bits per heavy atom. The van der Waals surface area contributed by atoms with Gasteiger partial charge in [-0.15, -0.1) is 0 Å². The molecule has 38 heavy (non-hydrogen) atoms. The first-order valence-electron chi connectivity index (χ1n) is 12.2. The Balaban J connectivity index is 1.60. The molecule has 0 bridgehead atoms. The minimum absolute atomic E-state index is 0.121. The molecule has 10 heteroatoms. The number of para-hydroxylation sites is 1. The van der Waals surface area contributed by atoms with Crippen LogP contribution in [0.2, 0.25) is 0 Å². The molecule has 3 heterocycles. The van der Waals surface area contributed by atoms with Crippen LogP contribution in [0.3, 0.4) is 0 Å². The second-order valence-electron chi connectivity index (χ2n) is 9.67. The summed E-state index contributed by atoms with van der Waals surface area (Å²) in [7, 11) is 1.68. The summed E-state index contributed by atoms with van der Waals surface area (Å²) >= 11 is 0. The average molecular weight is 519 g/mol. The molecule has 1 unspecified atom stereocenters. The zero-order chi connectivity index (χ0) is 26.9. The van der Waals surface area contributed by atoms with Gasteiger partial charge in [0.15, 0.2) is 11.4 Å². The molecule has 2 aliphatic rings. The van der Waals surface area contributed by atoms with Gasteiger partial charge in [-0.25, -0.2) is 4.98 Å². The van der Waals surface area contributed by atoms with Crippen LogP contribution in [0.1, 0.15) is 48.1 Å². The summed E-state index contributed by atoms with van der Waals surface area (Å²) in [6.07, 6.45) is 0.557. The molecule has 0 radical (unpaired) electrons. The van der Waals surface area contributed by atoms with E-state index in [0.29, 0.717) is 34.5 Å². The van der Waals surface area contributed by atoms with Gasteiger partial charge < -0.3 is 20.1 Å². The van der Waals surface area contributed by atoms with Crippen LogP contribution in [0.5, 0.6) is 5.75 Å². The van der Waals surface area contributed by atoms with Crippen molar-refractivity contribution in [2.75, 3.05) is 12.4 Å². The number of aliphatic hydroxyl groups is 1.